The van der Waals surface area contributed by atoms with E-state index in [1.165, 1.54) is 25.7 Å². The van der Waals surface area contributed by atoms with Gasteiger partial charge in [-0.15, -0.1) is 24.0 Å². The number of ether oxygens (including phenoxy) is 2. The van der Waals surface area contributed by atoms with Crippen molar-refractivity contribution in [2.24, 2.45) is 4.99 Å². The highest BCUT2D eigenvalue weighted by Crippen LogP contribution is 2.24. The van der Waals surface area contributed by atoms with Crippen molar-refractivity contribution in [2.45, 2.75) is 38.3 Å². The van der Waals surface area contributed by atoms with Gasteiger partial charge < -0.3 is 20.1 Å². The highest BCUT2D eigenvalue weighted by Gasteiger charge is 2.16. The Balaban J connectivity index is 0.00000242. The summed E-state index contributed by atoms with van der Waals surface area (Å²) in [7, 11) is 5.12. The minimum Gasteiger partial charge on any atom is -0.497 e. The van der Waals surface area contributed by atoms with E-state index in [1.807, 2.05) is 18.2 Å². The number of rotatable bonds is 5. The summed E-state index contributed by atoms with van der Waals surface area (Å²) >= 11 is 0. The lowest BCUT2D eigenvalue weighted by atomic mass is 10.2. The van der Waals surface area contributed by atoms with Gasteiger partial charge in [0.2, 0.25) is 0 Å². The Kier molecular flexibility index (Phi) is 8.37. The van der Waals surface area contributed by atoms with Crippen molar-refractivity contribution in [3.8, 4) is 11.5 Å². The molecule has 6 heteroatoms. The van der Waals surface area contributed by atoms with Crippen molar-refractivity contribution in [3.05, 3.63) is 23.8 Å². The Morgan fingerprint density at radius 2 is 1.95 bits per heavy atom. The Hall–Kier alpha value is -1.18. The van der Waals surface area contributed by atoms with E-state index in [2.05, 4.69) is 15.6 Å². The molecule has 0 radical (unpaired) electrons. The molecule has 2 N–H and O–H groups in total. The minimum absolute atomic E-state index is 0. The van der Waals surface area contributed by atoms with Gasteiger partial charge in [-0.25, -0.2) is 0 Å². The number of hydrogen-bond donors (Lipinski definition) is 2. The van der Waals surface area contributed by atoms with Crippen molar-refractivity contribution in [1.29, 1.82) is 0 Å². The molecule has 1 aliphatic carbocycles. The van der Waals surface area contributed by atoms with Crippen LogP contribution in [0.1, 0.15) is 31.2 Å². The summed E-state index contributed by atoms with van der Waals surface area (Å²) in [4.78, 5) is 4.28. The van der Waals surface area contributed by atoms with Gasteiger partial charge in [-0.05, 0) is 25.0 Å². The van der Waals surface area contributed by atoms with Crippen LogP contribution in [0.4, 0.5) is 0 Å². The maximum absolute atomic E-state index is 5.41. The molecule has 0 bridgehead atoms. The van der Waals surface area contributed by atoms with Crippen LogP contribution in [0.3, 0.4) is 0 Å². The molecule has 0 saturated heterocycles. The fraction of sp³-hybridized carbons (Fsp3) is 0.562. The largest absolute Gasteiger partial charge is 0.497 e. The second kappa shape index (κ2) is 9.76. The number of methoxy groups -OCH3 is 2. The number of benzene rings is 1. The maximum Gasteiger partial charge on any atom is 0.191 e. The van der Waals surface area contributed by atoms with Crippen LogP contribution < -0.4 is 20.1 Å². The average Bonchev–Trinajstić information content (AvgIpc) is 3.04. The molecule has 0 aliphatic heterocycles. The predicted octanol–water partition coefficient (Wildman–Crippen LogP) is 2.93. The van der Waals surface area contributed by atoms with Gasteiger partial charge in [0.15, 0.2) is 5.96 Å². The summed E-state index contributed by atoms with van der Waals surface area (Å²) in [5.41, 5.74) is 1.08. The topological polar surface area (TPSA) is 54.9 Å². The van der Waals surface area contributed by atoms with Crippen LogP contribution in [-0.2, 0) is 6.54 Å². The van der Waals surface area contributed by atoms with Crippen molar-refractivity contribution < 1.29 is 9.47 Å². The fourth-order valence-corrected chi connectivity index (χ4v) is 2.63. The first-order valence-electron chi connectivity index (χ1n) is 7.45. The minimum atomic E-state index is 0. The zero-order valence-electron chi connectivity index (χ0n) is 13.5. The standard InChI is InChI=1S/C16H25N3O2.HI/c1-17-16(19-13-6-4-5-7-13)18-11-12-8-9-14(20-2)10-15(12)21-3;/h8-10,13H,4-7,11H2,1-3H3,(H2,17,18,19);1H. The van der Waals surface area contributed by atoms with Gasteiger partial charge in [-0.2, -0.15) is 0 Å². The molecule has 0 heterocycles. The zero-order chi connectivity index (χ0) is 15.1. The smallest absolute Gasteiger partial charge is 0.191 e. The van der Waals surface area contributed by atoms with Crippen LogP contribution in [0.2, 0.25) is 0 Å². The molecule has 1 fully saturated rings. The normalized spacial score (nSPS) is 15.1. The van der Waals surface area contributed by atoms with E-state index in [4.69, 9.17) is 9.47 Å². The number of guanidine groups is 1. The lowest BCUT2D eigenvalue weighted by Gasteiger charge is -2.18. The molecule has 22 heavy (non-hydrogen) atoms. The summed E-state index contributed by atoms with van der Waals surface area (Å²) in [6.07, 6.45) is 5.07. The van der Waals surface area contributed by atoms with Crippen LogP contribution in [0.15, 0.2) is 23.2 Å². The number of aliphatic imine (C=N–C) groups is 1. The van der Waals surface area contributed by atoms with Crippen LogP contribution in [0.5, 0.6) is 11.5 Å². The van der Waals surface area contributed by atoms with Gasteiger partial charge in [0.25, 0.3) is 0 Å². The lowest BCUT2D eigenvalue weighted by Crippen LogP contribution is -2.41. The molecule has 1 aliphatic rings. The van der Waals surface area contributed by atoms with E-state index in [9.17, 15) is 0 Å². The van der Waals surface area contributed by atoms with Gasteiger partial charge in [-0.1, -0.05) is 12.8 Å². The van der Waals surface area contributed by atoms with Crippen LogP contribution in [-0.4, -0.2) is 33.3 Å². The number of nitrogens with zero attached hydrogens (tertiary/aromatic N) is 1. The van der Waals surface area contributed by atoms with E-state index >= 15 is 0 Å². The van der Waals surface area contributed by atoms with Crippen molar-refractivity contribution >= 4 is 29.9 Å². The average molecular weight is 419 g/mol. The second-order valence-corrected chi connectivity index (χ2v) is 5.23. The summed E-state index contributed by atoms with van der Waals surface area (Å²) in [6, 6.07) is 6.39. The van der Waals surface area contributed by atoms with E-state index in [0.717, 1.165) is 23.0 Å². The number of hydrogen-bond acceptors (Lipinski definition) is 3. The Labute approximate surface area is 149 Å². The third-order valence-corrected chi connectivity index (χ3v) is 3.86. The van der Waals surface area contributed by atoms with Gasteiger partial charge >= 0.3 is 0 Å². The number of nitrogens with one attached hydrogen (secondary N) is 2. The van der Waals surface area contributed by atoms with Crippen molar-refractivity contribution in [2.75, 3.05) is 21.3 Å². The van der Waals surface area contributed by atoms with Crippen molar-refractivity contribution in [1.82, 2.24) is 10.6 Å². The first kappa shape index (κ1) is 18.9. The first-order chi connectivity index (χ1) is 10.3. The summed E-state index contributed by atoms with van der Waals surface area (Å²) < 4.78 is 10.6. The SMILES string of the molecule is CN=C(NCc1ccc(OC)cc1OC)NC1CCCC1.I. The van der Waals surface area contributed by atoms with E-state index in [1.54, 1.807) is 21.3 Å². The molecule has 1 aromatic rings. The molecule has 5 nitrogen and oxygen atoms in total. The molecule has 1 aromatic carbocycles. The molecule has 0 unspecified atom stereocenters. The Morgan fingerprint density at radius 1 is 1.23 bits per heavy atom. The first-order valence-corrected chi connectivity index (χ1v) is 7.45. The number of halogens is 1. The van der Waals surface area contributed by atoms with E-state index < -0.39 is 0 Å². The summed E-state index contributed by atoms with van der Waals surface area (Å²) in [5.74, 6) is 2.46. The predicted molar refractivity (Wildman–Crippen MR) is 101 cm³/mol. The van der Waals surface area contributed by atoms with Gasteiger partial charge in [0.1, 0.15) is 11.5 Å². The highest BCUT2D eigenvalue weighted by molar-refractivity contribution is 14.0. The monoisotopic (exact) mass is 419 g/mol. The summed E-state index contributed by atoms with van der Waals surface area (Å²) in [5, 5.41) is 6.81. The molecule has 124 valence electrons. The van der Waals surface area contributed by atoms with Gasteiger partial charge in [-0.3, -0.25) is 4.99 Å². The fourth-order valence-electron chi connectivity index (χ4n) is 2.63. The Morgan fingerprint density at radius 3 is 2.55 bits per heavy atom. The third-order valence-electron chi connectivity index (χ3n) is 3.86. The second-order valence-electron chi connectivity index (χ2n) is 5.23. The molecule has 2 rings (SSSR count). The molecule has 1 saturated carbocycles. The molecule has 0 amide bonds. The zero-order valence-corrected chi connectivity index (χ0v) is 15.8. The van der Waals surface area contributed by atoms with Gasteiger partial charge in [0, 0.05) is 31.3 Å². The lowest BCUT2D eigenvalue weighted by molar-refractivity contribution is 0.390. The molecule has 0 spiro atoms. The van der Waals surface area contributed by atoms with Crippen LogP contribution in [0.25, 0.3) is 0 Å². The molecule has 0 aromatic heterocycles. The van der Waals surface area contributed by atoms with Crippen LogP contribution in [0, 0.1) is 0 Å². The quantitative estimate of drug-likeness (QED) is 0.438. The third kappa shape index (κ3) is 5.23. The molecular weight excluding hydrogens is 393 g/mol. The molecule has 0 atom stereocenters. The van der Waals surface area contributed by atoms with Crippen LogP contribution >= 0.6 is 24.0 Å². The van der Waals surface area contributed by atoms with E-state index in [-0.39, 0.29) is 24.0 Å². The van der Waals surface area contributed by atoms with E-state index in [0.29, 0.717) is 12.6 Å². The molecular formula is C16H26IN3O2. The maximum atomic E-state index is 5.41. The summed E-state index contributed by atoms with van der Waals surface area (Å²) in [6.45, 7) is 0.666. The highest BCUT2D eigenvalue weighted by atomic mass is 127. The van der Waals surface area contributed by atoms with Crippen molar-refractivity contribution in [3.63, 3.8) is 0 Å². The Bertz CT molecular complexity index is 488. The van der Waals surface area contributed by atoms with Gasteiger partial charge in [0.05, 0.1) is 14.2 Å².